The Morgan fingerprint density at radius 3 is 2.33 bits per heavy atom. The molecule has 30 heavy (non-hydrogen) atoms. The van der Waals surface area contributed by atoms with E-state index in [4.69, 9.17) is 16.2 Å². The number of hydrogen-bond donors (Lipinski definition) is 3. The second kappa shape index (κ2) is 9.57. The molecule has 2 aromatic rings. The van der Waals surface area contributed by atoms with Crippen molar-refractivity contribution in [3.8, 4) is 5.75 Å². The van der Waals surface area contributed by atoms with E-state index in [2.05, 4.69) is 9.69 Å². The highest BCUT2D eigenvalue weighted by Crippen LogP contribution is 2.27. The molecule has 3 amide bonds. The van der Waals surface area contributed by atoms with Gasteiger partial charge in [0, 0.05) is 11.2 Å². The van der Waals surface area contributed by atoms with Crippen molar-refractivity contribution in [3.63, 3.8) is 0 Å². The summed E-state index contributed by atoms with van der Waals surface area (Å²) in [4.78, 5) is 38.7. The maximum Gasteiger partial charge on any atom is 0.272 e. The predicted octanol–water partition coefficient (Wildman–Crippen LogP) is 2.17. The molecule has 0 spiro atoms. The van der Waals surface area contributed by atoms with E-state index in [1.54, 1.807) is 24.3 Å². The molecular formula is C20H27N5O4S. The topological polar surface area (TPSA) is 141 Å². The summed E-state index contributed by atoms with van der Waals surface area (Å²) < 4.78 is 9.31. The quantitative estimate of drug-likeness (QED) is 0.553. The van der Waals surface area contributed by atoms with Gasteiger partial charge in [0.25, 0.3) is 11.8 Å². The van der Waals surface area contributed by atoms with Crippen molar-refractivity contribution in [1.82, 2.24) is 9.69 Å². The molecular weight excluding hydrogens is 406 g/mol. The first-order valence-corrected chi connectivity index (χ1v) is 10.3. The van der Waals surface area contributed by atoms with Crippen LogP contribution in [0.1, 0.15) is 54.3 Å². The van der Waals surface area contributed by atoms with Gasteiger partial charge < -0.3 is 21.5 Å². The van der Waals surface area contributed by atoms with Crippen molar-refractivity contribution in [1.29, 1.82) is 0 Å². The summed E-state index contributed by atoms with van der Waals surface area (Å²) in [5.74, 6) is -1.06. The Morgan fingerprint density at radius 1 is 1.20 bits per heavy atom. The summed E-state index contributed by atoms with van der Waals surface area (Å²) in [6.45, 7) is 7.89. The molecule has 2 rings (SSSR count). The lowest BCUT2D eigenvalue weighted by Gasteiger charge is -2.27. The Labute approximate surface area is 179 Å². The first-order chi connectivity index (χ1) is 14.1. The highest BCUT2D eigenvalue weighted by molar-refractivity contribution is 7.09. The fourth-order valence-corrected chi connectivity index (χ4v) is 3.32. The van der Waals surface area contributed by atoms with Gasteiger partial charge in [-0.25, -0.2) is 0 Å². The third kappa shape index (κ3) is 5.47. The normalized spacial score (nSPS) is 11.1. The largest absolute Gasteiger partial charge is 0.494 e. The number of carbonyl (C=O) groups excluding carboxylic acids is 3. The fourth-order valence-electron chi connectivity index (χ4n) is 2.57. The lowest BCUT2D eigenvalue weighted by atomic mass is 10.0. The Bertz CT molecular complexity index is 924. The number of aromatic nitrogens is 1. The summed E-state index contributed by atoms with van der Waals surface area (Å²) in [5.41, 5.74) is 11.0. The van der Waals surface area contributed by atoms with Crippen molar-refractivity contribution < 1.29 is 19.1 Å². The number of nitrogen functional groups attached to an aromatic ring is 1. The smallest absolute Gasteiger partial charge is 0.272 e. The Morgan fingerprint density at radius 2 is 1.83 bits per heavy atom. The number of nitrogens with zero attached hydrogens (tertiary/aromatic N) is 2. The second-order valence-electron chi connectivity index (χ2n) is 7.24. The molecule has 0 aliphatic heterocycles. The minimum atomic E-state index is -0.821. The van der Waals surface area contributed by atoms with Gasteiger partial charge in [0.05, 0.1) is 12.3 Å². The van der Waals surface area contributed by atoms with E-state index in [1.807, 2.05) is 27.7 Å². The first kappa shape index (κ1) is 23.1. The van der Waals surface area contributed by atoms with Crippen LogP contribution in [0, 0.1) is 0 Å². The Hall–Kier alpha value is -3.14. The van der Waals surface area contributed by atoms with Gasteiger partial charge in [-0.2, -0.15) is 4.37 Å². The summed E-state index contributed by atoms with van der Waals surface area (Å²) in [7, 11) is 0. The van der Waals surface area contributed by atoms with E-state index in [9.17, 15) is 14.4 Å². The highest BCUT2D eigenvalue weighted by Gasteiger charge is 2.28. The molecule has 0 saturated carbocycles. The minimum Gasteiger partial charge on any atom is -0.494 e. The second-order valence-corrected chi connectivity index (χ2v) is 8.02. The van der Waals surface area contributed by atoms with Crippen LogP contribution in [0.3, 0.4) is 0 Å². The molecule has 9 nitrogen and oxygen atoms in total. The zero-order valence-corrected chi connectivity index (χ0v) is 18.3. The molecule has 0 saturated heterocycles. The number of benzene rings is 1. The molecule has 0 radical (unpaired) electrons. The lowest BCUT2D eigenvalue weighted by molar-refractivity contribution is -0.121. The molecule has 0 aliphatic carbocycles. The molecule has 0 aliphatic rings. The van der Waals surface area contributed by atoms with Crippen LogP contribution in [-0.4, -0.2) is 40.8 Å². The van der Waals surface area contributed by atoms with Gasteiger partial charge in [0.2, 0.25) is 5.91 Å². The van der Waals surface area contributed by atoms with Crippen LogP contribution in [-0.2, 0) is 4.79 Å². The van der Waals surface area contributed by atoms with Crippen LogP contribution in [0.25, 0.3) is 0 Å². The molecule has 0 bridgehead atoms. The number of nitrogens with one attached hydrogen (secondary N) is 1. The molecule has 162 valence electrons. The fraction of sp³-hybridized carbons (Fsp3) is 0.400. The maximum atomic E-state index is 13.2. The number of primary amides is 1. The van der Waals surface area contributed by atoms with Crippen LogP contribution in [0.2, 0.25) is 0 Å². The zero-order valence-electron chi connectivity index (χ0n) is 17.5. The van der Waals surface area contributed by atoms with Crippen LogP contribution in [0.5, 0.6) is 5.75 Å². The molecule has 5 N–H and O–H groups in total. The lowest BCUT2D eigenvalue weighted by Crippen LogP contribution is -2.48. The molecule has 0 fully saturated rings. The van der Waals surface area contributed by atoms with Crippen molar-refractivity contribution >= 4 is 40.6 Å². The van der Waals surface area contributed by atoms with Crippen molar-refractivity contribution in [2.45, 2.75) is 39.7 Å². The van der Waals surface area contributed by atoms with Crippen molar-refractivity contribution in [2.24, 2.45) is 5.73 Å². The number of rotatable bonds is 9. The van der Waals surface area contributed by atoms with Crippen LogP contribution in [0.4, 0.5) is 11.4 Å². The van der Waals surface area contributed by atoms with E-state index in [1.165, 1.54) is 4.90 Å². The number of hydrogen-bond acceptors (Lipinski definition) is 7. The van der Waals surface area contributed by atoms with Gasteiger partial charge in [-0.05, 0) is 63.0 Å². The molecule has 1 heterocycles. The van der Waals surface area contributed by atoms with Gasteiger partial charge in [0.15, 0.2) is 5.69 Å². The molecule has 10 heteroatoms. The number of anilines is 2. The summed E-state index contributed by atoms with van der Waals surface area (Å²) in [5, 5.41) is 2.91. The molecule has 0 unspecified atom stereocenters. The van der Waals surface area contributed by atoms with E-state index in [0.29, 0.717) is 18.0 Å². The molecule has 0 atom stereocenters. The van der Waals surface area contributed by atoms with Gasteiger partial charge in [-0.15, -0.1) is 0 Å². The number of carbonyl (C=O) groups is 3. The molecule has 1 aromatic heterocycles. The Kier molecular flexibility index (Phi) is 7.38. The predicted molar refractivity (Wildman–Crippen MR) is 117 cm³/mol. The summed E-state index contributed by atoms with van der Waals surface area (Å²) in [6.07, 6.45) is 0.722. The first-order valence-electron chi connectivity index (χ1n) is 9.50. The van der Waals surface area contributed by atoms with E-state index < -0.39 is 17.4 Å². The zero-order chi connectivity index (χ0) is 22.5. The number of amides is 3. The number of nitrogens with two attached hydrogens (primary N) is 2. The van der Waals surface area contributed by atoms with E-state index in [0.717, 1.165) is 18.0 Å². The minimum absolute atomic E-state index is 0.0419. The highest BCUT2D eigenvalue weighted by atomic mass is 32.1. The SMILES string of the molecule is CCOc1ccc(N(CC(=O)NC(C)(C)CC)C(=O)c2snc(C(N)=O)c2N)cc1. The van der Waals surface area contributed by atoms with Crippen molar-refractivity contribution in [3.05, 3.63) is 34.8 Å². The van der Waals surface area contributed by atoms with E-state index >= 15 is 0 Å². The Balaban J connectivity index is 2.38. The van der Waals surface area contributed by atoms with Crippen molar-refractivity contribution in [2.75, 3.05) is 23.8 Å². The average molecular weight is 434 g/mol. The van der Waals surface area contributed by atoms with Gasteiger partial charge in [-0.1, -0.05) is 6.92 Å². The van der Waals surface area contributed by atoms with Crippen LogP contribution < -0.4 is 26.4 Å². The summed E-state index contributed by atoms with van der Waals surface area (Å²) >= 11 is 0.768. The number of ether oxygens (including phenoxy) is 1. The van der Waals surface area contributed by atoms with Gasteiger partial charge in [0.1, 0.15) is 17.2 Å². The summed E-state index contributed by atoms with van der Waals surface area (Å²) in [6, 6.07) is 6.76. The third-order valence-corrected chi connectivity index (χ3v) is 5.37. The van der Waals surface area contributed by atoms with Gasteiger partial charge >= 0.3 is 0 Å². The van der Waals surface area contributed by atoms with Crippen LogP contribution >= 0.6 is 11.5 Å². The monoisotopic (exact) mass is 433 g/mol. The van der Waals surface area contributed by atoms with E-state index in [-0.39, 0.29) is 28.7 Å². The molecule has 1 aromatic carbocycles. The third-order valence-electron chi connectivity index (χ3n) is 4.52. The average Bonchev–Trinajstić information content (AvgIpc) is 3.08. The van der Waals surface area contributed by atoms with Crippen LogP contribution in [0.15, 0.2) is 24.3 Å². The van der Waals surface area contributed by atoms with Gasteiger partial charge in [-0.3, -0.25) is 19.3 Å². The maximum absolute atomic E-state index is 13.2. The standard InChI is InChI=1S/C20H27N5O4S/c1-5-20(3,4)23-14(26)11-25(12-7-9-13(10-8-12)29-6-2)19(28)17-15(21)16(18(22)27)24-30-17/h7-10H,5-6,11,21H2,1-4H3,(H2,22,27)(H,23,26).